The van der Waals surface area contributed by atoms with Crippen molar-refractivity contribution >= 4 is 40.9 Å². The van der Waals surface area contributed by atoms with E-state index in [1.165, 1.54) is 6.08 Å². The van der Waals surface area contributed by atoms with Crippen LogP contribution < -0.4 is 14.8 Å². The number of nitrogens with one attached hydrogen (secondary N) is 1. The highest BCUT2D eigenvalue weighted by Crippen LogP contribution is 2.35. The highest BCUT2D eigenvalue weighted by molar-refractivity contribution is 6.37. The Hall–Kier alpha value is -2.94. The van der Waals surface area contributed by atoms with Gasteiger partial charge < -0.3 is 14.8 Å². The summed E-state index contributed by atoms with van der Waals surface area (Å²) < 4.78 is 10.8. The van der Waals surface area contributed by atoms with Crippen molar-refractivity contribution in [1.82, 2.24) is 0 Å². The predicted molar refractivity (Wildman–Crippen MR) is 112 cm³/mol. The Morgan fingerprint density at radius 3 is 2.57 bits per heavy atom. The van der Waals surface area contributed by atoms with E-state index in [9.17, 15) is 10.1 Å². The molecule has 28 heavy (non-hydrogen) atoms. The minimum atomic E-state index is -0.560. The normalized spacial score (nSPS) is 10.7. The van der Waals surface area contributed by atoms with Crippen LogP contribution in [0.1, 0.15) is 12.5 Å². The Bertz CT molecular complexity index is 926. The van der Waals surface area contributed by atoms with E-state index in [1.54, 1.807) is 42.5 Å². The monoisotopic (exact) mass is 416 g/mol. The molecule has 0 aliphatic heterocycles. The lowest BCUT2D eigenvalue weighted by Crippen LogP contribution is -2.13. The van der Waals surface area contributed by atoms with Gasteiger partial charge in [0.2, 0.25) is 0 Å². The minimum Gasteiger partial charge on any atom is -0.494 e. The van der Waals surface area contributed by atoms with Crippen molar-refractivity contribution in [1.29, 1.82) is 5.26 Å². The van der Waals surface area contributed by atoms with Crippen LogP contribution in [0.25, 0.3) is 6.08 Å². The Kier molecular flexibility index (Phi) is 7.94. The first-order chi connectivity index (χ1) is 13.5. The van der Waals surface area contributed by atoms with Gasteiger partial charge in [-0.3, -0.25) is 4.79 Å². The highest BCUT2D eigenvalue weighted by Gasteiger charge is 2.13. The van der Waals surface area contributed by atoms with Gasteiger partial charge in [0, 0.05) is 11.8 Å². The molecule has 7 heteroatoms. The highest BCUT2D eigenvalue weighted by atomic mass is 35.5. The molecule has 0 fully saturated rings. The van der Waals surface area contributed by atoms with Gasteiger partial charge in [-0.1, -0.05) is 41.9 Å². The first kappa shape index (κ1) is 21.4. The van der Waals surface area contributed by atoms with Gasteiger partial charge in [-0.25, -0.2) is 0 Å². The van der Waals surface area contributed by atoms with Gasteiger partial charge in [0.1, 0.15) is 24.0 Å². The van der Waals surface area contributed by atoms with Crippen molar-refractivity contribution in [3.05, 3.63) is 70.2 Å². The molecule has 2 rings (SSSR count). The Morgan fingerprint density at radius 2 is 1.96 bits per heavy atom. The Morgan fingerprint density at radius 1 is 1.25 bits per heavy atom. The van der Waals surface area contributed by atoms with Gasteiger partial charge in [0.05, 0.1) is 16.7 Å². The molecular formula is C21H18Cl2N2O3. The molecule has 0 radical (unpaired) electrons. The van der Waals surface area contributed by atoms with Crippen LogP contribution in [0.3, 0.4) is 0 Å². The molecule has 144 valence electrons. The number of hydrogen-bond donors (Lipinski definition) is 1. The number of ether oxygens (including phenoxy) is 2. The summed E-state index contributed by atoms with van der Waals surface area (Å²) in [5, 5.41) is 12.6. The zero-order valence-electron chi connectivity index (χ0n) is 15.2. The molecule has 0 unspecified atom stereocenters. The average Bonchev–Trinajstić information content (AvgIpc) is 2.66. The van der Waals surface area contributed by atoms with Crippen LogP contribution in [-0.2, 0) is 4.79 Å². The van der Waals surface area contributed by atoms with Gasteiger partial charge in [-0.05, 0) is 42.8 Å². The molecule has 2 aromatic rings. The average molecular weight is 417 g/mol. The van der Waals surface area contributed by atoms with Crippen LogP contribution in [0, 0.1) is 11.3 Å². The number of halogens is 2. The fourth-order valence-corrected chi connectivity index (χ4v) is 2.90. The molecule has 1 N–H and O–H groups in total. The third kappa shape index (κ3) is 5.78. The molecule has 1 amide bonds. The smallest absolute Gasteiger partial charge is 0.266 e. The number of amides is 1. The van der Waals surface area contributed by atoms with Crippen LogP contribution in [0.2, 0.25) is 10.0 Å². The zero-order valence-corrected chi connectivity index (χ0v) is 16.7. The standard InChI is InChI=1S/C21H18Cl2N2O3/c1-3-8-28-20-18(22)10-14(11-19(20)23)9-15(13-24)21(26)25-16-6-5-7-17(12-16)27-4-2/h3,5-7,9-12H,1,4,8H2,2H3,(H,25,26)/b15-9-. The number of carbonyl (C=O) groups is 1. The predicted octanol–water partition coefficient (Wildman–Crippen LogP) is 5.50. The lowest BCUT2D eigenvalue weighted by Gasteiger charge is -2.10. The fourth-order valence-electron chi connectivity index (χ4n) is 2.29. The molecule has 5 nitrogen and oxygen atoms in total. The maximum absolute atomic E-state index is 12.5. The molecular weight excluding hydrogens is 399 g/mol. The summed E-state index contributed by atoms with van der Waals surface area (Å²) in [5.74, 6) is 0.378. The molecule has 2 aromatic carbocycles. The molecule has 0 spiro atoms. The molecule has 0 aromatic heterocycles. The molecule has 0 saturated heterocycles. The summed E-state index contributed by atoms with van der Waals surface area (Å²) in [6, 6.07) is 11.9. The van der Waals surface area contributed by atoms with Crippen LogP contribution in [0.5, 0.6) is 11.5 Å². The summed E-state index contributed by atoms with van der Waals surface area (Å²) in [7, 11) is 0. The van der Waals surface area contributed by atoms with E-state index < -0.39 is 5.91 Å². The number of carbonyl (C=O) groups excluding carboxylic acids is 1. The van der Waals surface area contributed by atoms with Crippen LogP contribution in [-0.4, -0.2) is 19.1 Å². The topological polar surface area (TPSA) is 71.3 Å². The van der Waals surface area contributed by atoms with Crippen molar-refractivity contribution in [2.75, 3.05) is 18.5 Å². The summed E-state index contributed by atoms with van der Waals surface area (Å²) in [6.07, 6.45) is 2.97. The summed E-state index contributed by atoms with van der Waals surface area (Å²) in [4.78, 5) is 12.5. The molecule has 0 atom stereocenters. The summed E-state index contributed by atoms with van der Waals surface area (Å²) in [6.45, 7) is 6.19. The third-order valence-electron chi connectivity index (χ3n) is 3.45. The summed E-state index contributed by atoms with van der Waals surface area (Å²) in [5.41, 5.74) is 0.908. The number of benzene rings is 2. The molecule has 0 bridgehead atoms. The zero-order chi connectivity index (χ0) is 20.5. The van der Waals surface area contributed by atoms with E-state index in [-0.39, 0.29) is 22.2 Å². The second-order valence-electron chi connectivity index (χ2n) is 5.50. The number of hydrogen-bond acceptors (Lipinski definition) is 4. The van der Waals surface area contributed by atoms with E-state index in [2.05, 4.69) is 11.9 Å². The second-order valence-corrected chi connectivity index (χ2v) is 6.31. The van der Waals surface area contributed by atoms with Crippen molar-refractivity contribution in [3.63, 3.8) is 0 Å². The van der Waals surface area contributed by atoms with E-state index in [0.29, 0.717) is 29.4 Å². The van der Waals surface area contributed by atoms with Gasteiger partial charge in [0.15, 0.2) is 5.75 Å². The molecule has 0 aliphatic rings. The molecule has 0 heterocycles. The van der Waals surface area contributed by atoms with Crippen molar-refractivity contribution in [2.45, 2.75) is 6.92 Å². The number of anilines is 1. The van der Waals surface area contributed by atoms with Crippen LogP contribution in [0.15, 0.2) is 54.6 Å². The second kappa shape index (κ2) is 10.4. The van der Waals surface area contributed by atoms with Crippen molar-refractivity contribution in [2.24, 2.45) is 0 Å². The van der Waals surface area contributed by atoms with Crippen LogP contribution in [0.4, 0.5) is 5.69 Å². The number of nitriles is 1. The largest absolute Gasteiger partial charge is 0.494 e. The van der Waals surface area contributed by atoms with Gasteiger partial charge in [-0.2, -0.15) is 5.26 Å². The SMILES string of the molecule is C=CCOc1c(Cl)cc(/C=C(/C#N)C(=O)Nc2cccc(OCC)c2)cc1Cl. The van der Waals surface area contributed by atoms with Crippen molar-refractivity contribution in [3.8, 4) is 17.6 Å². The van der Waals surface area contributed by atoms with Gasteiger partial charge >= 0.3 is 0 Å². The van der Waals surface area contributed by atoms with Crippen molar-refractivity contribution < 1.29 is 14.3 Å². The number of nitrogens with zero attached hydrogens (tertiary/aromatic N) is 1. The Balaban J connectivity index is 2.23. The first-order valence-electron chi connectivity index (χ1n) is 8.37. The Labute approximate surface area is 173 Å². The minimum absolute atomic E-state index is 0.103. The molecule has 0 saturated carbocycles. The maximum Gasteiger partial charge on any atom is 0.266 e. The third-order valence-corrected chi connectivity index (χ3v) is 4.01. The lowest BCUT2D eigenvalue weighted by molar-refractivity contribution is -0.112. The van der Waals surface area contributed by atoms with Gasteiger partial charge in [-0.15, -0.1) is 0 Å². The van der Waals surface area contributed by atoms with E-state index >= 15 is 0 Å². The lowest BCUT2D eigenvalue weighted by atomic mass is 10.1. The fraction of sp³-hybridized carbons (Fsp3) is 0.143. The first-order valence-corrected chi connectivity index (χ1v) is 9.12. The van der Waals surface area contributed by atoms with Gasteiger partial charge in [0.25, 0.3) is 5.91 Å². The quantitative estimate of drug-likeness (QED) is 0.350. The van der Waals surface area contributed by atoms with Crippen LogP contribution >= 0.6 is 23.2 Å². The molecule has 0 aliphatic carbocycles. The van der Waals surface area contributed by atoms with E-state index in [0.717, 1.165) is 0 Å². The number of rotatable bonds is 8. The van der Waals surface area contributed by atoms with E-state index in [4.69, 9.17) is 32.7 Å². The van der Waals surface area contributed by atoms with E-state index in [1.807, 2.05) is 13.0 Å². The summed E-state index contributed by atoms with van der Waals surface area (Å²) >= 11 is 12.4. The maximum atomic E-state index is 12.5.